The third-order valence-corrected chi connectivity index (χ3v) is 5.23. The Hall–Kier alpha value is -4.12. The minimum Gasteiger partial charge on any atom is -0.457 e. The van der Waals surface area contributed by atoms with Crippen molar-refractivity contribution < 1.29 is 9.53 Å². The van der Waals surface area contributed by atoms with Crippen LogP contribution in [0.3, 0.4) is 0 Å². The van der Waals surface area contributed by atoms with Crippen molar-refractivity contribution in [3.8, 4) is 11.5 Å². The summed E-state index contributed by atoms with van der Waals surface area (Å²) in [5.74, 6) is 1.45. The number of aliphatic imine (C=N–C) groups is 1. The fourth-order valence-corrected chi connectivity index (χ4v) is 3.39. The Labute approximate surface area is 188 Å². The summed E-state index contributed by atoms with van der Waals surface area (Å²) >= 11 is 0. The second-order valence-electron chi connectivity index (χ2n) is 7.59. The first-order valence-electron chi connectivity index (χ1n) is 10.4. The Balaban J connectivity index is 1.46. The van der Waals surface area contributed by atoms with Crippen molar-refractivity contribution in [3.05, 3.63) is 113 Å². The van der Waals surface area contributed by atoms with Crippen molar-refractivity contribution in [2.45, 2.75) is 20.8 Å². The second kappa shape index (κ2) is 9.35. The van der Waals surface area contributed by atoms with Crippen molar-refractivity contribution in [1.82, 2.24) is 4.68 Å². The molecule has 5 heteroatoms. The molecule has 0 atom stereocenters. The van der Waals surface area contributed by atoms with Crippen LogP contribution < -0.4 is 10.2 Å². The zero-order chi connectivity index (χ0) is 22.5. The third kappa shape index (κ3) is 4.78. The van der Waals surface area contributed by atoms with Crippen LogP contribution in [-0.4, -0.2) is 16.8 Å². The highest BCUT2D eigenvalue weighted by molar-refractivity contribution is 6.00. The van der Waals surface area contributed by atoms with Crippen LogP contribution in [0.1, 0.15) is 32.9 Å². The van der Waals surface area contributed by atoms with Crippen molar-refractivity contribution in [2.24, 2.45) is 4.99 Å². The number of hydrogen-bond acceptors (Lipinski definition) is 3. The molecule has 1 heterocycles. The molecule has 0 aliphatic carbocycles. The molecule has 32 heavy (non-hydrogen) atoms. The Morgan fingerprint density at radius 1 is 0.906 bits per heavy atom. The predicted molar refractivity (Wildman–Crippen MR) is 129 cm³/mol. The predicted octanol–water partition coefficient (Wildman–Crippen LogP) is 6.34. The molecule has 160 valence electrons. The van der Waals surface area contributed by atoms with Crippen LogP contribution in [0.25, 0.3) is 0 Å². The van der Waals surface area contributed by atoms with Gasteiger partial charge in [-0.1, -0.05) is 36.4 Å². The molecule has 0 saturated carbocycles. The van der Waals surface area contributed by atoms with Gasteiger partial charge in [-0.2, -0.15) is 0 Å². The zero-order valence-electron chi connectivity index (χ0n) is 18.4. The number of aromatic nitrogens is 1. The summed E-state index contributed by atoms with van der Waals surface area (Å²) in [6.07, 6.45) is 1.81. The van der Waals surface area contributed by atoms with E-state index in [4.69, 9.17) is 4.74 Å². The van der Waals surface area contributed by atoms with Crippen molar-refractivity contribution in [1.29, 1.82) is 0 Å². The third-order valence-electron chi connectivity index (χ3n) is 5.23. The molecule has 1 aromatic heterocycles. The molecule has 0 unspecified atom stereocenters. The van der Waals surface area contributed by atoms with Gasteiger partial charge in [-0.15, -0.1) is 0 Å². The fourth-order valence-electron chi connectivity index (χ4n) is 3.39. The maximum atomic E-state index is 12.5. The first kappa shape index (κ1) is 21.1. The highest BCUT2D eigenvalue weighted by Gasteiger charge is 2.11. The molecule has 0 fully saturated rings. The van der Waals surface area contributed by atoms with Gasteiger partial charge in [-0.3, -0.25) is 19.9 Å². The summed E-state index contributed by atoms with van der Waals surface area (Å²) < 4.78 is 7.73. The highest BCUT2D eigenvalue weighted by atomic mass is 16.5. The van der Waals surface area contributed by atoms with E-state index in [1.54, 1.807) is 16.8 Å². The normalized spacial score (nSPS) is 11.0. The molecule has 0 radical (unpaired) electrons. The topological polar surface area (TPSA) is 55.6 Å². The molecule has 0 saturated heterocycles. The quantitative estimate of drug-likeness (QED) is 0.368. The molecule has 4 aromatic rings. The van der Waals surface area contributed by atoms with Crippen LogP contribution in [0.15, 0.2) is 89.9 Å². The molecule has 0 bridgehead atoms. The largest absolute Gasteiger partial charge is 0.457 e. The number of rotatable bonds is 6. The number of ether oxygens (including phenoxy) is 1. The fraction of sp³-hybridized carbons (Fsp3) is 0.111. The maximum absolute atomic E-state index is 12.5. The number of nitrogens with zero attached hydrogens (tertiary/aromatic N) is 2. The molecule has 0 aliphatic heterocycles. The Kier molecular flexibility index (Phi) is 6.17. The first-order valence-corrected chi connectivity index (χ1v) is 10.4. The van der Waals surface area contributed by atoms with Crippen LogP contribution in [0, 0.1) is 20.8 Å². The zero-order valence-corrected chi connectivity index (χ0v) is 18.4. The van der Waals surface area contributed by atoms with Crippen LogP contribution in [0.2, 0.25) is 0 Å². The standard InChI is InChI=1S/C27H25N3O2/c1-19-9-7-8-12-26(19)32-25-15-13-24(14-16-25)28-18-23-17-20(2)30(21(23)3)29-27(31)22-10-5-4-6-11-22/h4-18H,1-3H3,(H,29,31). The van der Waals surface area contributed by atoms with E-state index < -0.39 is 0 Å². The molecule has 3 aromatic carbocycles. The SMILES string of the molecule is Cc1ccccc1Oc1ccc(N=Cc2cc(C)n(NC(=O)c3ccccc3)c2C)cc1. The van der Waals surface area contributed by atoms with Gasteiger partial charge in [0, 0.05) is 28.7 Å². The monoisotopic (exact) mass is 423 g/mol. The average Bonchev–Trinajstić information content (AvgIpc) is 3.08. The summed E-state index contributed by atoms with van der Waals surface area (Å²) in [6, 6.07) is 26.7. The van der Waals surface area contributed by atoms with Crippen LogP contribution in [0.4, 0.5) is 5.69 Å². The number of benzene rings is 3. The molecular weight excluding hydrogens is 398 g/mol. The van der Waals surface area contributed by atoms with E-state index >= 15 is 0 Å². The van der Waals surface area contributed by atoms with E-state index in [-0.39, 0.29) is 5.91 Å². The van der Waals surface area contributed by atoms with Gasteiger partial charge in [0.15, 0.2) is 0 Å². The van der Waals surface area contributed by atoms with Gasteiger partial charge in [0.2, 0.25) is 0 Å². The summed E-state index contributed by atoms with van der Waals surface area (Å²) in [7, 11) is 0. The maximum Gasteiger partial charge on any atom is 0.270 e. The Morgan fingerprint density at radius 2 is 1.59 bits per heavy atom. The number of carbonyl (C=O) groups excluding carboxylic acids is 1. The van der Waals surface area contributed by atoms with E-state index in [2.05, 4.69) is 10.4 Å². The van der Waals surface area contributed by atoms with Gasteiger partial charge in [0.1, 0.15) is 11.5 Å². The molecule has 0 spiro atoms. The lowest BCUT2D eigenvalue weighted by Gasteiger charge is -2.11. The lowest BCUT2D eigenvalue weighted by atomic mass is 10.2. The number of hydrogen-bond donors (Lipinski definition) is 1. The Morgan fingerprint density at radius 3 is 2.31 bits per heavy atom. The molecule has 0 aliphatic rings. The van der Waals surface area contributed by atoms with Crippen molar-refractivity contribution in [3.63, 3.8) is 0 Å². The first-order chi connectivity index (χ1) is 15.5. The van der Waals surface area contributed by atoms with Crippen molar-refractivity contribution in [2.75, 3.05) is 5.43 Å². The van der Waals surface area contributed by atoms with Gasteiger partial charge >= 0.3 is 0 Å². The average molecular weight is 424 g/mol. The summed E-state index contributed by atoms with van der Waals surface area (Å²) in [4.78, 5) is 17.1. The molecular formula is C27H25N3O2. The lowest BCUT2D eigenvalue weighted by Crippen LogP contribution is -2.24. The van der Waals surface area contributed by atoms with E-state index in [1.165, 1.54) is 0 Å². The van der Waals surface area contributed by atoms with Gasteiger partial charge in [-0.25, -0.2) is 0 Å². The van der Waals surface area contributed by atoms with Crippen LogP contribution >= 0.6 is 0 Å². The summed E-state index contributed by atoms with van der Waals surface area (Å²) in [5, 5.41) is 0. The smallest absolute Gasteiger partial charge is 0.270 e. The highest BCUT2D eigenvalue weighted by Crippen LogP contribution is 2.26. The molecule has 5 nitrogen and oxygen atoms in total. The number of para-hydroxylation sites is 1. The lowest BCUT2D eigenvalue weighted by molar-refractivity contribution is 0.101. The summed E-state index contributed by atoms with van der Waals surface area (Å²) in [6.45, 7) is 5.93. The number of nitrogens with one attached hydrogen (secondary N) is 1. The number of amides is 1. The number of carbonyl (C=O) groups is 1. The van der Waals surface area contributed by atoms with Gasteiger partial charge in [-0.05, 0) is 74.9 Å². The second-order valence-corrected chi connectivity index (χ2v) is 7.59. The minimum absolute atomic E-state index is 0.153. The minimum atomic E-state index is -0.153. The van der Waals surface area contributed by atoms with Gasteiger partial charge in [0.25, 0.3) is 5.91 Å². The van der Waals surface area contributed by atoms with Crippen LogP contribution in [0.5, 0.6) is 11.5 Å². The van der Waals surface area contributed by atoms with E-state index in [0.29, 0.717) is 5.56 Å². The van der Waals surface area contributed by atoms with E-state index in [9.17, 15) is 4.79 Å². The van der Waals surface area contributed by atoms with E-state index in [1.807, 2.05) is 99.8 Å². The van der Waals surface area contributed by atoms with Crippen molar-refractivity contribution >= 4 is 17.8 Å². The number of aryl methyl sites for hydroxylation is 2. The molecule has 1 N–H and O–H groups in total. The Bertz CT molecular complexity index is 1260. The van der Waals surface area contributed by atoms with Crippen LogP contribution in [-0.2, 0) is 0 Å². The summed E-state index contributed by atoms with van der Waals surface area (Å²) in [5.41, 5.74) is 8.25. The van der Waals surface area contributed by atoms with Gasteiger partial charge in [0.05, 0.1) is 5.69 Å². The molecule has 4 rings (SSSR count). The van der Waals surface area contributed by atoms with E-state index in [0.717, 1.165) is 39.7 Å². The molecule has 1 amide bonds. The van der Waals surface area contributed by atoms with Gasteiger partial charge < -0.3 is 4.74 Å².